The van der Waals surface area contributed by atoms with Crippen LogP contribution in [0.25, 0.3) is 6.08 Å². The molecule has 0 aliphatic heterocycles. The third kappa shape index (κ3) is 3.51. The fourth-order valence-electron chi connectivity index (χ4n) is 0.838. The summed E-state index contributed by atoms with van der Waals surface area (Å²) >= 11 is 1.29. The van der Waals surface area contributed by atoms with E-state index in [0.29, 0.717) is 5.01 Å². The van der Waals surface area contributed by atoms with E-state index in [4.69, 9.17) is 5.73 Å². The second kappa shape index (κ2) is 5.26. The lowest BCUT2D eigenvalue weighted by molar-refractivity contribution is -0.117. The highest BCUT2D eigenvalue weighted by atomic mass is 32.1. The number of rotatable bonds is 4. The number of esters is 1. The number of hydrogen-bond donors (Lipinski definition) is 1. The van der Waals surface area contributed by atoms with Gasteiger partial charge in [0.1, 0.15) is 5.01 Å². The molecule has 0 aliphatic rings. The van der Waals surface area contributed by atoms with E-state index >= 15 is 0 Å². The summed E-state index contributed by atoms with van der Waals surface area (Å²) in [6.07, 6.45) is 3.40. The number of amides is 1. The van der Waals surface area contributed by atoms with Crippen molar-refractivity contribution in [1.82, 2.24) is 4.98 Å². The van der Waals surface area contributed by atoms with Gasteiger partial charge in [0.15, 0.2) is 5.69 Å². The number of hydrogen-bond acceptors (Lipinski definition) is 5. The Kier molecular flexibility index (Phi) is 3.99. The van der Waals surface area contributed by atoms with Crippen LogP contribution in [0, 0.1) is 0 Å². The van der Waals surface area contributed by atoms with E-state index in [0.717, 1.165) is 0 Å². The monoisotopic (exact) mass is 226 g/mol. The molecule has 0 spiro atoms. The predicted molar refractivity (Wildman–Crippen MR) is 56.3 cm³/mol. The molecule has 1 aromatic heterocycles. The molecule has 5 nitrogen and oxygen atoms in total. The zero-order valence-corrected chi connectivity index (χ0v) is 8.91. The van der Waals surface area contributed by atoms with Gasteiger partial charge in [0.05, 0.1) is 7.11 Å². The van der Waals surface area contributed by atoms with Crippen molar-refractivity contribution >= 4 is 29.3 Å². The van der Waals surface area contributed by atoms with E-state index in [-0.39, 0.29) is 12.1 Å². The van der Waals surface area contributed by atoms with Crippen LogP contribution in [0.1, 0.15) is 21.9 Å². The van der Waals surface area contributed by atoms with Gasteiger partial charge in [-0.25, -0.2) is 9.78 Å². The van der Waals surface area contributed by atoms with Crippen molar-refractivity contribution in [3.63, 3.8) is 0 Å². The van der Waals surface area contributed by atoms with Crippen molar-refractivity contribution in [2.75, 3.05) is 7.11 Å². The first-order chi connectivity index (χ1) is 7.13. The van der Waals surface area contributed by atoms with Crippen molar-refractivity contribution in [1.29, 1.82) is 0 Å². The average Bonchev–Trinajstić information content (AvgIpc) is 2.65. The van der Waals surface area contributed by atoms with Crippen molar-refractivity contribution in [2.24, 2.45) is 5.73 Å². The molecule has 1 aromatic rings. The topological polar surface area (TPSA) is 82.3 Å². The van der Waals surface area contributed by atoms with Crippen LogP contribution < -0.4 is 5.73 Å². The van der Waals surface area contributed by atoms with Crippen LogP contribution in [-0.4, -0.2) is 24.0 Å². The Labute approximate surface area is 90.6 Å². The van der Waals surface area contributed by atoms with Crippen molar-refractivity contribution in [2.45, 2.75) is 6.42 Å². The highest BCUT2D eigenvalue weighted by Gasteiger charge is 2.08. The van der Waals surface area contributed by atoms with Crippen molar-refractivity contribution in [3.8, 4) is 0 Å². The molecule has 1 amide bonds. The first-order valence-electron chi connectivity index (χ1n) is 4.12. The number of thiazole rings is 1. The van der Waals surface area contributed by atoms with E-state index in [2.05, 4.69) is 9.72 Å². The second-order valence-corrected chi connectivity index (χ2v) is 3.53. The Hall–Kier alpha value is -1.69. The van der Waals surface area contributed by atoms with Gasteiger partial charge in [-0.2, -0.15) is 0 Å². The fraction of sp³-hybridized carbons (Fsp3) is 0.222. The SMILES string of the molecule is COC(=O)c1csc(C=CCC(N)=O)n1. The lowest BCUT2D eigenvalue weighted by atomic mass is 10.4. The van der Waals surface area contributed by atoms with Crippen LogP contribution in [0.15, 0.2) is 11.5 Å². The maximum atomic E-state index is 11.0. The molecule has 0 radical (unpaired) electrons. The number of nitrogens with two attached hydrogens (primary N) is 1. The first-order valence-corrected chi connectivity index (χ1v) is 5.00. The average molecular weight is 226 g/mol. The van der Waals surface area contributed by atoms with Crippen molar-refractivity contribution < 1.29 is 14.3 Å². The first kappa shape index (κ1) is 11.4. The second-order valence-electron chi connectivity index (χ2n) is 2.64. The van der Waals surface area contributed by atoms with E-state index < -0.39 is 11.9 Å². The summed E-state index contributed by atoms with van der Waals surface area (Å²) in [6.45, 7) is 0. The molecule has 0 aliphatic carbocycles. The fourth-order valence-corrected chi connectivity index (χ4v) is 1.55. The molecule has 15 heavy (non-hydrogen) atoms. The Morgan fingerprint density at radius 1 is 1.67 bits per heavy atom. The molecule has 1 rings (SSSR count). The maximum Gasteiger partial charge on any atom is 0.357 e. The predicted octanol–water partition coefficient (Wildman–Crippen LogP) is 0.818. The van der Waals surface area contributed by atoms with Crippen LogP contribution in [-0.2, 0) is 9.53 Å². The summed E-state index contributed by atoms with van der Waals surface area (Å²) in [5.74, 6) is -0.878. The van der Waals surface area contributed by atoms with E-state index in [1.165, 1.54) is 18.4 Å². The van der Waals surface area contributed by atoms with Crippen LogP contribution in [0.2, 0.25) is 0 Å². The molecule has 0 saturated carbocycles. The Balaban J connectivity index is 2.64. The van der Waals surface area contributed by atoms with Crippen LogP contribution in [0.3, 0.4) is 0 Å². The zero-order valence-electron chi connectivity index (χ0n) is 8.10. The van der Waals surface area contributed by atoms with E-state index in [9.17, 15) is 9.59 Å². The number of methoxy groups -OCH3 is 1. The third-order valence-electron chi connectivity index (χ3n) is 1.50. The molecular weight excluding hydrogens is 216 g/mol. The molecule has 1 heterocycles. The quantitative estimate of drug-likeness (QED) is 0.770. The summed E-state index contributed by atoms with van der Waals surface area (Å²) in [4.78, 5) is 25.4. The Morgan fingerprint density at radius 3 is 3.00 bits per heavy atom. The van der Waals surface area contributed by atoms with Gasteiger partial charge in [0.2, 0.25) is 5.91 Å². The van der Waals surface area contributed by atoms with Crippen LogP contribution in [0.5, 0.6) is 0 Å². The minimum atomic E-state index is -0.471. The molecule has 0 saturated heterocycles. The van der Waals surface area contributed by atoms with Crippen LogP contribution >= 0.6 is 11.3 Å². The number of nitrogens with zero attached hydrogens (tertiary/aromatic N) is 1. The molecular formula is C9H10N2O3S. The molecule has 6 heteroatoms. The van der Waals surface area contributed by atoms with Gasteiger partial charge in [-0.3, -0.25) is 4.79 Å². The van der Waals surface area contributed by atoms with Gasteiger partial charge in [-0.1, -0.05) is 6.08 Å². The summed E-state index contributed by atoms with van der Waals surface area (Å²) in [5.41, 5.74) is 5.22. The minimum Gasteiger partial charge on any atom is -0.464 e. The third-order valence-corrected chi connectivity index (χ3v) is 2.31. The largest absolute Gasteiger partial charge is 0.464 e. The molecule has 2 N–H and O–H groups in total. The van der Waals surface area contributed by atoms with Gasteiger partial charge >= 0.3 is 5.97 Å². The summed E-state index contributed by atoms with van der Waals surface area (Å²) in [5, 5.41) is 2.23. The summed E-state index contributed by atoms with van der Waals surface area (Å²) in [7, 11) is 1.30. The van der Waals surface area contributed by atoms with Gasteiger partial charge < -0.3 is 10.5 Å². The van der Waals surface area contributed by atoms with Crippen LogP contribution in [0.4, 0.5) is 0 Å². The lowest BCUT2D eigenvalue weighted by Gasteiger charge is -1.90. The minimum absolute atomic E-state index is 0.160. The highest BCUT2D eigenvalue weighted by molar-refractivity contribution is 7.10. The molecule has 0 fully saturated rings. The molecule has 0 atom stereocenters. The molecule has 80 valence electrons. The molecule has 0 aromatic carbocycles. The van der Waals surface area contributed by atoms with Gasteiger partial charge in [-0.05, 0) is 6.08 Å². The zero-order chi connectivity index (χ0) is 11.3. The number of ether oxygens (including phenoxy) is 1. The smallest absolute Gasteiger partial charge is 0.357 e. The normalized spacial score (nSPS) is 10.5. The Bertz CT molecular complexity index is 398. The highest BCUT2D eigenvalue weighted by Crippen LogP contribution is 2.12. The van der Waals surface area contributed by atoms with E-state index in [1.807, 2.05) is 0 Å². The molecule has 0 bridgehead atoms. The summed E-state index contributed by atoms with van der Waals surface area (Å²) < 4.78 is 4.50. The van der Waals surface area contributed by atoms with E-state index in [1.54, 1.807) is 17.5 Å². The van der Waals surface area contributed by atoms with Gasteiger partial charge in [0, 0.05) is 11.8 Å². The maximum absolute atomic E-state index is 11.0. The number of primary amides is 1. The lowest BCUT2D eigenvalue weighted by Crippen LogP contribution is -2.07. The van der Waals surface area contributed by atoms with Crippen molar-refractivity contribution in [3.05, 3.63) is 22.2 Å². The number of carbonyl (C=O) groups excluding carboxylic acids is 2. The standard InChI is InChI=1S/C9H10N2O3S/c1-14-9(13)6-5-15-8(11-6)4-2-3-7(10)12/h2,4-5H,3H2,1H3,(H2,10,12). The van der Waals surface area contributed by atoms with Gasteiger partial charge in [0.25, 0.3) is 0 Å². The number of carbonyl (C=O) groups is 2. The summed E-state index contributed by atoms with van der Waals surface area (Å²) in [6, 6.07) is 0. The molecule has 0 unspecified atom stereocenters. The van der Waals surface area contributed by atoms with Gasteiger partial charge in [-0.15, -0.1) is 11.3 Å². The Morgan fingerprint density at radius 2 is 2.40 bits per heavy atom. The number of aromatic nitrogens is 1.